The molecule has 6 heteroatoms. The predicted octanol–water partition coefficient (Wildman–Crippen LogP) is 4.20. The van der Waals surface area contributed by atoms with Crippen LogP contribution in [0.15, 0.2) is 48.9 Å². The second-order valence-electron chi connectivity index (χ2n) is 7.67. The number of aromatic nitrogens is 3. The van der Waals surface area contributed by atoms with Crippen LogP contribution < -0.4 is 10.5 Å². The summed E-state index contributed by atoms with van der Waals surface area (Å²) in [5, 5.41) is 14.1. The van der Waals surface area contributed by atoms with Gasteiger partial charge >= 0.3 is 0 Å². The minimum Gasteiger partial charge on any atom is -0.485 e. The van der Waals surface area contributed by atoms with Gasteiger partial charge in [-0.15, -0.1) is 0 Å². The van der Waals surface area contributed by atoms with Crippen molar-refractivity contribution >= 4 is 5.82 Å². The summed E-state index contributed by atoms with van der Waals surface area (Å²) in [5.74, 6) is 6.44. The lowest BCUT2D eigenvalue weighted by Crippen LogP contribution is -2.14. The first-order valence-electron chi connectivity index (χ1n) is 11.2. The zero-order valence-electron chi connectivity index (χ0n) is 20.4. The molecule has 0 radical (unpaired) electrons. The van der Waals surface area contributed by atoms with Crippen molar-refractivity contribution in [1.82, 2.24) is 14.8 Å². The highest BCUT2D eigenvalue weighted by Crippen LogP contribution is 2.28. The van der Waals surface area contributed by atoms with E-state index in [9.17, 15) is 5.11 Å². The number of hydrogen-bond donors (Lipinski definition) is 2. The van der Waals surface area contributed by atoms with Crippen molar-refractivity contribution in [3.8, 4) is 28.7 Å². The van der Waals surface area contributed by atoms with Crippen LogP contribution in [0.2, 0.25) is 0 Å². The molecule has 0 aliphatic heterocycles. The summed E-state index contributed by atoms with van der Waals surface area (Å²) < 4.78 is 29.9. The Morgan fingerprint density at radius 3 is 2.90 bits per heavy atom. The van der Waals surface area contributed by atoms with Crippen molar-refractivity contribution in [3.63, 3.8) is 0 Å². The molecule has 3 aromatic rings. The van der Waals surface area contributed by atoms with Crippen LogP contribution in [0.25, 0.3) is 11.1 Å². The molecule has 0 saturated carbocycles. The quantitative estimate of drug-likeness (QED) is 0.598. The number of rotatable bonds is 6. The van der Waals surface area contributed by atoms with Crippen LogP contribution in [0, 0.1) is 11.8 Å². The maximum absolute atomic E-state index is 9.78. The maximum Gasteiger partial charge on any atom is 0.166 e. The van der Waals surface area contributed by atoms with Gasteiger partial charge in [0.2, 0.25) is 0 Å². The highest BCUT2D eigenvalue weighted by atomic mass is 16.5. The molecule has 0 aliphatic rings. The normalized spacial score (nSPS) is 14.1. The number of anilines is 1. The van der Waals surface area contributed by atoms with E-state index < -0.39 is 12.5 Å². The fraction of sp³-hybridized carbons (Fsp3) is 0.333. The van der Waals surface area contributed by atoms with Gasteiger partial charge in [-0.3, -0.25) is 4.68 Å². The van der Waals surface area contributed by atoms with Gasteiger partial charge in [-0.25, -0.2) is 4.98 Å². The molecule has 1 aromatic carbocycles. The van der Waals surface area contributed by atoms with Crippen molar-refractivity contribution < 1.29 is 14.0 Å². The van der Waals surface area contributed by atoms with Crippen molar-refractivity contribution in [2.24, 2.45) is 0 Å². The second kappa shape index (κ2) is 9.02. The molecule has 2 aromatic heterocycles. The van der Waals surface area contributed by atoms with Crippen LogP contribution in [-0.4, -0.2) is 25.5 Å². The number of hydrogen-bond acceptors (Lipinski definition) is 5. The van der Waals surface area contributed by atoms with E-state index in [4.69, 9.17) is 14.6 Å². The Labute approximate surface area is 181 Å². The number of nitrogens with zero attached hydrogens (tertiary/aromatic N) is 3. The third-order valence-corrected chi connectivity index (χ3v) is 4.40. The molecule has 6 nitrogen and oxygen atoms in total. The zero-order valence-corrected chi connectivity index (χ0v) is 17.4. The van der Waals surface area contributed by atoms with Crippen molar-refractivity contribution in [3.05, 3.63) is 60.0 Å². The minimum absolute atomic E-state index is 0.0295. The molecule has 1 unspecified atom stereocenters. The summed E-state index contributed by atoms with van der Waals surface area (Å²) in [6, 6.07) is 9.07. The van der Waals surface area contributed by atoms with Gasteiger partial charge in [0.25, 0.3) is 0 Å². The zero-order chi connectivity index (χ0) is 24.2. The van der Waals surface area contributed by atoms with Gasteiger partial charge in [0, 0.05) is 39.2 Å². The van der Waals surface area contributed by atoms with Crippen LogP contribution >= 0.6 is 0 Å². The van der Waals surface area contributed by atoms with E-state index in [2.05, 4.69) is 21.9 Å². The van der Waals surface area contributed by atoms with Gasteiger partial charge in [-0.1, -0.05) is 30.8 Å². The Balaban J connectivity index is 1.74. The van der Waals surface area contributed by atoms with Crippen LogP contribution in [0.5, 0.6) is 5.75 Å². The number of nitrogen functional groups attached to an aromatic ring is 1. The second-order valence-corrected chi connectivity index (χ2v) is 7.67. The lowest BCUT2D eigenvalue weighted by Gasteiger charge is -2.10. The standard InChI is InChI=1S/C24H28N4O2/c1-5-17(2)28-15-21(14-27-28)20-12-22(23(25)26-13-20)30-16-19-8-6-7-18(11-19)9-10-24(3,4)29/h6-8,11-15,17,29H,5,16H2,1-4H3,(H2,25,26)/i1D3. The molecule has 2 heterocycles. The van der Waals surface area contributed by atoms with Crippen LogP contribution in [0.3, 0.4) is 0 Å². The van der Waals surface area contributed by atoms with Gasteiger partial charge in [-0.2, -0.15) is 5.10 Å². The summed E-state index contributed by atoms with van der Waals surface area (Å²) in [7, 11) is 0. The smallest absolute Gasteiger partial charge is 0.166 e. The number of pyridine rings is 1. The number of ether oxygens (including phenoxy) is 1. The summed E-state index contributed by atoms with van der Waals surface area (Å²) in [5.41, 5.74) is 8.16. The third-order valence-electron chi connectivity index (χ3n) is 4.40. The predicted molar refractivity (Wildman–Crippen MR) is 119 cm³/mol. The Morgan fingerprint density at radius 2 is 2.13 bits per heavy atom. The molecule has 30 heavy (non-hydrogen) atoms. The maximum atomic E-state index is 9.78. The van der Waals surface area contributed by atoms with Crippen LogP contribution in [0.4, 0.5) is 5.82 Å². The van der Waals surface area contributed by atoms with E-state index in [-0.39, 0.29) is 24.9 Å². The van der Waals surface area contributed by atoms with Gasteiger partial charge in [0.1, 0.15) is 12.2 Å². The molecule has 0 bridgehead atoms. The summed E-state index contributed by atoms with van der Waals surface area (Å²) >= 11 is 0. The van der Waals surface area contributed by atoms with Gasteiger partial charge < -0.3 is 15.6 Å². The molecule has 3 rings (SSSR count). The minimum atomic E-state index is -2.02. The molecule has 156 valence electrons. The molecule has 1 atom stereocenters. The van der Waals surface area contributed by atoms with Gasteiger partial charge in [0.05, 0.1) is 6.20 Å². The van der Waals surface area contributed by atoms with E-state index in [1.165, 1.54) is 0 Å². The highest BCUT2D eigenvalue weighted by Gasteiger charge is 2.10. The lowest BCUT2D eigenvalue weighted by atomic mass is 10.1. The lowest BCUT2D eigenvalue weighted by molar-refractivity contribution is 0.143. The van der Waals surface area contributed by atoms with E-state index in [1.807, 2.05) is 31.2 Å². The van der Waals surface area contributed by atoms with Crippen molar-refractivity contribution in [2.45, 2.75) is 52.3 Å². The molecule has 3 N–H and O–H groups in total. The summed E-state index contributed by atoms with van der Waals surface area (Å²) in [4.78, 5) is 4.23. The summed E-state index contributed by atoms with van der Waals surface area (Å²) in [6.07, 6.45) is 5.11. The van der Waals surface area contributed by atoms with Crippen molar-refractivity contribution in [2.75, 3.05) is 5.73 Å². The van der Waals surface area contributed by atoms with Crippen LogP contribution in [0.1, 0.15) is 55.3 Å². The third kappa shape index (κ3) is 5.62. The molecule has 0 saturated heterocycles. The fourth-order valence-corrected chi connectivity index (χ4v) is 2.68. The number of benzene rings is 1. The number of nitrogens with two attached hydrogens (primary N) is 1. The molecule has 0 spiro atoms. The van der Waals surface area contributed by atoms with Gasteiger partial charge in [-0.05, 0) is 51.0 Å². The van der Waals surface area contributed by atoms with Crippen molar-refractivity contribution in [1.29, 1.82) is 0 Å². The van der Waals surface area contributed by atoms with Gasteiger partial charge in [0.15, 0.2) is 11.6 Å². The Bertz CT molecular complexity index is 1170. The summed E-state index contributed by atoms with van der Waals surface area (Å²) in [6.45, 7) is 3.33. The Hall–Kier alpha value is -3.30. The molecular weight excluding hydrogens is 376 g/mol. The first-order chi connectivity index (χ1) is 15.4. The monoisotopic (exact) mass is 407 g/mol. The number of aliphatic hydroxyl groups is 1. The Morgan fingerprint density at radius 1 is 1.30 bits per heavy atom. The topological polar surface area (TPSA) is 86.2 Å². The Kier molecular flexibility index (Phi) is 5.27. The SMILES string of the molecule is [2H]C([2H])([2H])CC(C)n1cc(-c2cnc(N)c(OCc3cccc(C#CC(C)(C)O)c3)c2)cn1. The first-order valence-corrected chi connectivity index (χ1v) is 9.67. The molecule has 0 fully saturated rings. The highest BCUT2D eigenvalue weighted by molar-refractivity contribution is 5.65. The molecule has 0 aliphatic carbocycles. The fourth-order valence-electron chi connectivity index (χ4n) is 2.68. The average Bonchev–Trinajstić information content (AvgIpc) is 3.21. The largest absolute Gasteiger partial charge is 0.485 e. The van der Waals surface area contributed by atoms with E-state index >= 15 is 0 Å². The molecule has 0 amide bonds. The molecular formula is C24H28N4O2. The van der Waals surface area contributed by atoms with E-state index in [0.29, 0.717) is 5.75 Å². The van der Waals surface area contributed by atoms with E-state index in [0.717, 1.165) is 22.3 Å². The average molecular weight is 408 g/mol. The van der Waals surface area contributed by atoms with Crippen LogP contribution in [-0.2, 0) is 6.61 Å². The van der Waals surface area contributed by atoms with E-state index in [1.54, 1.807) is 43.2 Å². The first kappa shape index (κ1) is 17.5.